The van der Waals surface area contributed by atoms with E-state index in [1.54, 1.807) is 19.1 Å². The van der Waals surface area contributed by atoms with Crippen LogP contribution < -0.4 is 0 Å². The third kappa shape index (κ3) is 4.81. The molecule has 2 heteroatoms. The lowest BCUT2D eigenvalue weighted by molar-refractivity contribution is -0.131. The van der Waals surface area contributed by atoms with Gasteiger partial charge in [0, 0.05) is 6.08 Å². The molecule has 0 spiro atoms. The van der Waals surface area contributed by atoms with Crippen LogP contribution in [0.4, 0.5) is 0 Å². The van der Waals surface area contributed by atoms with Gasteiger partial charge >= 0.3 is 5.97 Å². The van der Waals surface area contributed by atoms with Gasteiger partial charge in [0.15, 0.2) is 0 Å². The van der Waals surface area contributed by atoms with E-state index < -0.39 is 5.97 Å². The summed E-state index contributed by atoms with van der Waals surface area (Å²) < 4.78 is 0. The van der Waals surface area contributed by atoms with E-state index in [9.17, 15) is 4.79 Å². The van der Waals surface area contributed by atoms with Gasteiger partial charge in [-0.3, -0.25) is 0 Å². The van der Waals surface area contributed by atoms with Crippen LogP contribution in [0, 0.1) is 0 Å². The molecule has 0 fully saturated rings. The van der Waals surface area contributed by atoms with Crippen LogP contribution in [0.5, 0.6) is 0 Å². The predicted octanol–water partition coefficient (Wildman–Crippen LogP) is 1.59. The van der Waals surface area contributed by atoms with Crippen molar-refractivity contribution in [1.29, 1.82) is 0 Å². The molecular weight excluding hydrogens is 116 g/mol. The second-order valence-electron chi connectivity index (χ2n) is 1.73. The fourth-order valence-electron chi connectivity index (χ4n) is 0.506. The fraction of sp³-hybridized carbons (Fsp3) is 0.286. The number of hydrogen-bond donors (Lipinski definition) is 1. The van der Waals surface area contributed by atoms with Crippen LogP contribution in [0.15, 0.2) is 23.8 Å². The Morgan fingerprint density at radius 1 is 1.56 bits per heavy atom. The van der Waals surface area contributed by atoms with Gasteiger partial charge in [-0.2, -0.15) is 0 Å². The van der Waals surface area contributed by atoms with Crippen molar-refractivity contribution < 1.29 is 9.90 Å². The molecule has 0 unspecified atom stereocenters. The van der Waals surface area contributed by atoms with Gasteiger partial charge in [0.05, 0.1) is 0 Å². The average molecular weight is 126 g/mol. The van der Waals surface area contributed by atoms with Gasteiger partial charge in [0.1, 0.15) is 0 Å². The van der Waals surface area contributed by atoms with Gasteiger partial charge < -0.3 is 5.11 Å². The third-order valence-corrected chi connectivity index (χ3v) is 0.781. The predicted molar refractivity (Wildman–Crippen MR) is 36.2 cm³/mol. The van der Waals surface area contributed by atoms with E-state index in [-0.39, 0.29) is 0 Å². The number of hydrogen-bond acceptors (Lipinski definition) is 1. The van der Waals surface area contributed by atoms with E-state index in [2.05, 4.69) is 0 Å². The van der Waals surface area contributed by atoms with Crippen LogP contribution in [-0.2, 0) is 4.79 Å². The minimum atomic E-state index is -0.898. The summed E-state index contributed by atoms with van der Waals surface area (Å²) in [5, 5.41) is 8.20. The second-order valence-corrected chi connectivity index (χ2v) is 1.73. The Kier molecular flexibility index (Phi) is 3.44. The lowest BCUT2D eigenvalue weighted by Crippen LogP contribution is -1.87. The van der Waals surface area contributed by atoms with Crippen LogP contribution in [-0.4, -0.2) is 11.1 Å². The average Bonchev–Trinajstić information content (AvgIpc) is 1.63. The van der Waals surface area contributed by atoms with Gasteiger partial charge in [0.2, 0.25) is 0 Å². The third-order valence-electron chi connectivity index (χ3n) is 0.781. The van der Waals surface area contributed by atoms with Crippen LogP contribution >= 0.6 is 0 Å². The Hall–Kier alpha value is -1.05. The van der Waals surface area contributed by atoms with Gasteiger partial charge in [-0.05, 0) is 19.4 Å². The first-order valence-corrected chi connectivity index (χ1v) is 2.70. The molecule has 0 saturated carbocycles. The van der Waals surface area contributed by atoms with Crippen LogP contribution in [0.3, 0.4) is 0 Å². The van der Waals surface area contributed by atoms with Crippen molar-refractivity contribution in [1.82, 2.24) is 0 Å². The highest BCUT2D eigenvalue weighted by molar-refractivity contribution is 5.81. The molecule has 9 heavy (non-hydrogen) atoms. The zero-order valence-electron chi connectivity index (χ0n) is 5.59. The number of allylic oxidation sites excluding steroid dienone is 3. The minimum Gasteiger partial charge on any atom is -0.478 e. The molecule has 0 atom stereocenters. The van der Waals surface area contributed by atoms with Crippen molar-refractivity contribution in [3.05, 3.63) is 23.8 Å². The molecule has 0 rings (SSSR count). The lowest BCUT2D eigenvalue weighted by Gasteiger charge is -1.84. The molecule has 2 nitrogen and oxygen atoms in total. The first-order valence-electron chi connectivity index (χ1n) is 2.70. The molecule has 0 bridgehead atoms. The highest BCUT2D eigenvalue weighted by Gasteiger charge is 1.86. The van der Waals surface area contributed by atoms with Crippen molar-refractivity contribution in [3.63, 3.8) is 0 Å². The lowest BCUT2D eigenvalue weighted by atomic mass is 10.2. The summed E-state index contributed by atoms with van der Waals surface area (Å²) in [4.78, 5) is 9.97. The number of carbonyl (C=O) groups is 1. The van der Waals surface area contributed by atoms with Crippen molar-refractivity contribution in [2.24, 2.45) is 0 Å². The van der Waals surface area contributed by atoms with Crippen molar-refractivity contribution in [2.75, 3.05) is 0 Å². The highest BCUT2D eigenvalue weighted by atomic mass is 16.4. The van der Waals surface area contributed by atoms with Gasteiger partial charge in [0.25, 0.3) is 0 Å². The summed E-state index contributed by atoms with van der Waals surface area (Å²) in [5.41, 5.74) is 0.755. The summed E-state index contributed by atoms with van der Waals surface area (Å²) >= 11 is 0. The zero-order chi connectivity index (χ0) is 7.28. The molecule has 0 amide bonds. The molecule has 50 valence electrons. The van der Waals surface area contributed by atoms with Crippen molar-refractivity contribution in [3.8, 4) is 0 Å². The summed E-state index contributed by atoms with van der Waals surface area (Å²) in [7, 11) is 0. The summed E-state index contributed by atoms with van der Waals surface area (Å²) in [5.74, 6) is -0.898. The molecule has 0 aromatic carbocycles. The standard InChI is InChI=1S/C7H10O2/c1-3-4-6(2)5-7(8)9/h3-5H,1-2H3,(H,8,9). The van der Waals surface area contributed by atoms with E-state index in [4.69, 9.17) is 5.11 Å². The Labute approximate surface area is 54.5 Å². The first kappa shape index (κ1) is 7.95. The van der Waals surface area contributed by atoms with E-state index in [0.717, 1.165) is 5.57 Å². The quantitative estimate of drug-likeness (QED) is 0.450. The molecule has 0 aliphatic carbocycles. The normalized spacial score (nSPS) is 12.4. The maximum Gasteiger partial charge on any atom is 0.328 e. The molecule has 1 N–H and O–H groups in total. The zero-order valence-corrected chi connectivity index (χ0v) is 5.59. The number of aliphatic carboxylic acids is 1. The molecule has 0 saturated heterocycles. The van der Waals surface area contributed by atoms with Crippen LogP contribution in [0.25, 0.3) is 0 Å². The smallest absolute Gasteiger partial charge is 0.328 e. The molecule has 0 aliphatic heterocycles. The molecule has 0 heterocycles. The maximum atomic E-state index is 9.97. The first-order chi connectivity index (χ1) is 4.16. The maximum absolute atomic E-state index is 9.97. The van der Waals surface area contributed by atoms with Crippen LogP contribution in [0.2, 0.25) is 0 Å². The Balaban J connectivity index is 4.00. The van der Waals surface area contributed by atoms with Gasteiger partial charge in [-0.25, -0.2) is 4.79 Å². The summed E-state index contributed by atoms with van der Waals surface area (Å²) in [6.07, 6.45) is 4.71. The second kappa shape index (κ2) is 3.89. The topological polar surface area (TPSA) is 37.3 Å². The Morgan fingerprint density at radius 2 is 2.11 bits per heavy atom. The molecule has 0 aliphatic rings. The monoisotopic (exact) mass is 126 g/mol. The fourth-order valence-corrected chi connectivity index (χ4v) is 0.506. The Morgan fingerprint density at radius 3 is 2.44 bits per heavy atom. The largest absolute Gasteiger partial charge is 0.478 e. The van der Waals surface area contributed by atoms with E-state index >= 15 is 0 Å². The number of carboxylic acid groups (broad SMARTS) is 1. The Bertz CT molecular complexity index is 154. The molecule has 0 aromatic rings. The van der Waals surface area contributed by atoms with Crippen molar-refractivity contribution in [2.45, 2.75) is 13.8 Å². The minimum absolute atomic E-state index is 0.755. The summed E-state index contributed by atoms with van der Waals surface area (Å²) in [6.45, 7) is 3.59. The van der Waals surface area contributed by atoms with E-state index in [0.29, 0.717) is 0 Å². The number of rotatable bonds is 2. The molecule has 0 aromatic heterocycles. The SMILES string of the molecule is CC=CC(C)=CC(=O)O. The molecule has 0 radical (unpaired) electrons. The van der Waals surface area contributed by atoms with Gasteiger partial charge in [-0.15, -0.1) is 0 Å². The summed E-state index contributed by atoms with van der Waals surface area (Å²) in [6, 6.07) is 0. The van der Waals surface area contributed by atoms with Crippen LogP contribution in [0.1, 0.15) is 13.8 Å². The number of carboxylic acids is 1. The van der Waals surface area contributed by atoms with E-state index in [1.165, 1.54) is 6.08 Å². The molecular formula is C7H10O2. The van der Waals surface area contributed by atoms with Crippen molar-refractivity contribution >= 4 is 5.97 Å². The highest BCUT2D eigenvalue weighted by Crippen LogP contribution is 1.92. The van der Waals surface area contributed by atoms with E-state index in [1.807, 2.05) is 6.92 Å². The van der Waals surface area contributed by atoms with Gasteiger partial charge in [-0.1, -0.05) is 12.2 Å².